The van der Waals surface area contributed by atoms with Crippen LogP contribution in [0.5, 0.6) is 0 Å². The molecule has 0 radical (unpaired) electrons. The standard InChI is InChI=1S/C15H30N2O/c1-15(2,3)14-11-17(10-6-9-16-14)12-7-5-8-13(12)18-4/h12-14,16H,5-11H2,1-4H3. The van der Waals surface area contributed by atoms with Gasteiger partial charge in [-0.2, -0.15) is 0 Å². The van der Waals surface area contributed by atoms with Crippen molar-refractivity contribution >= 4 is 0 Å². The van der Waals surface area contributed by atoms with Gasteiger partial charge in [-0.25, -0.2) is 0 Å². The Hall–Kier alpha value is -0.120. The number of nitrogens with zero attached hydrogens (tertiary/aromatic N) is 1. The lowest BCUT2D eigenvalue weighted by Crippen LogP contribution is -2.50. The van der Waals surface area contributed by atoms with Gasteiger partial charge in [0.15, 0.2) is 0 Å². The van der Waals surface area contributed by atoms with E-state index in [4.69, 9.17) is 4.74 Å². The molecule has 0 aromatic rings. The highest BCUT2D eigenvalue weighted by atomic mass is 16.5. The Bertz CT molecular complexity index is 262. The van der Waals surface area contributed by atoms with Crippen molar-refractivity contribution in [3.63, 3.8) is 0 Å². The third kappa shape index (κ3) is 3.25. The summed E-state index contributed by atoms with van der Waals surface area (Å²) in [6.45, 7) is 10.6. The molecule has 0 aromatic heterocycles. The van der Waals surface area contributed by atoms with Crippen LogP contribution in [0, 0.1) is 5.41 Å². The first-order valence-corrected chi connectivity index (χ1v) is 7.52. The van der Waals surface area contributed by atoms with Gasteiger partial charge in [0.05, 0.1) is 6.10 Å². The minimum absolute atomic E-state index is 0.337. The van der Waals surface area contributed by atoms with Gasteiger partial charge in [-0.1, -0.05) is 20.8 Å². The molecule has 3 heteroatoms. The van der Waals surface area contributed by atoms with E-state index in [2.05, 4.69) is 31.0 Å². The molecule has 106 valence electrons. The SMILES string of the molecule is COC1CCCC1N1CCCNC(C(C)(C)C)C1. The summed E-state index contributed by atoms with van der Waals surface area (Å²) in [7, 11) is 1.88. The topological polar surface area (TPSA) is 24.5 Å². The lowest BCUT2D eigenvalue weighted by Gasteiger charge is -2.37. The highest BCUT2D eigenvalue weighted by Gasteiger charge is 2.36. The molecule has 1 heterocycles. The zero-order valence-corrected chi connectivity index (χ0v) is 12.5. The molecule has 0 spiro atoms. The van der Waals surface area contributed by atoms with Crippen molar-refractivity contribution in [3.8, 4) is 0 Å². The summed E-state index contributed by atoms with van der Waals surface area (Å²) >= 11 is 0. The zero-order valence-electron chi connectivity index (χ0n) is 12.5. The molecule has 0 bridgehead atoms. The van der Waals surface area contributed by atoms with Crippen LogP contribution in [-0.2, 0) is 4.74 Å². The maximum Gasteiger partial charge on any atom is 0.0726 e. The van der Waals surface area contributed by atoms with Crippen molar-refractivity contribution in [2.45, 2.75) is 64.6 Å². The first kappa shape index (κ1) is 14.3. The Morgan fingerprint density at radius 3 is 2.61 bits per heavy atom. The predicted molar refractivity (Wildman–Crippen MR) is 75.9 cm³/mol. The lowest BCUT2D eigenvalue weighted by molar-refractivity contribution is 0.0273. The zero-order chi connectivity index (χ0) is 13.2. The van der Waals surface area contributed by atoms with E-state index in [0.29, 0.717) is 23.6 Å². The van der Waals surface area contributed by atoms with Gasteiger partial charge in [-0.05, 0) is 44.2 Å². The fourth-order valence-electron chi connectivity index (χ4n) is 3.43. The van der Waals surface area contributed by atoms with Crippen molar-refractivity contribution in [1.29, 1.82) is 0 Å². The molecular formula is C15H30N2O. The van der Waals surface area contributed by atoms with E-state index < -0.39 is 0 Å². The summed E-state index contributed by atoms with van der Waals surface area (Å²) in [5.74, 6) is 0. The summed E-state index contributed by atoms with van der Waals surface area (Å²) in [5.41, 5.74) is 0.337. The van der Waals surface area contributed by atoms with Gasteiger partial charge in [0.25, 0.3) is 0 Å². The molecule has 3 unspecified atom stereocenters. The molecule has 3 nitrogen and oxygen atoms in total. The summed E-state index contributed by atoms with van der Waals surface area (Å²) in [6, 6.07) is 1.25. The van der Waals surface area contributed by atoms with Crippen molar-refractivity contribution in [3.05, 3.63) is 0 Å². The third-order valence-corrected chi connectivity index (χ3v) is 4.66. The second kappa shape index (κ2) is 5.89. The molecule has 1 aliphatic heterocycles. The number of ether oxygens (including phenoxy) is 1. The average Bonchev–Trinajstić information content (AvgIpc) is 2.63. The Balaban J connectivity index is 2.02. The molecule has 18 heavy (non-hydrogen) atoms. The summed E-state index contributed by atoms with van der Waals surface area (Å²) in [5, 5.41) is 3.73. The van der Waals surface area contributed by atoms with Crippen molar-refractivity contribution < 1.29 is 4.74 Å². The van der Waals surface area contributed by atoms with E-state index in [1.807, 2.05) is 7.11 Å². The molecule has 2 fully saturated rings. The van der Waals surface area contributed by atoms with Crippen LogP contribution in [0.25, 0.3) is 0 Å². The minimum atomic E-state index is 0.337. The van der Waals surface area contributed by atoms with E-state index in [1.165, 1.54) is 38.8 Å². The molecule has 1 saturated heterocycles. The number of hydrogen-bond acceptors (Lipinski definition) is 3. The molecule has 3 atom stereocenters. The van der Waals surface area contributed by atoms with E-state index in [-0.39, 0.29) is 0 Å². The van der Waals surface area contributed by atoms with Gasteiger partial charge in [0, 0.05) is 25.7 Å². The van der Waals surface area contributed by atoms with Crippen LogP contribution in [-0.4, -0.2) is 49.8 Å². The monoisotopic (exact) mass is 254 g/mol. The van der Waals surface area contributed by atoms with E-state index in [9.17, 15) is 0 Å². The Kier molecular flexibility index (Phi) is 4.68. The average molecular weight is 254 g/mol. The Morgan fingerprint density at radius 1 is 1.17 bits per heavy atom. The summed E-state index contributed by atoms with van der Waals surface area (Å²) < 4.78 is 5.68. The van der Waals surface area contributed by atoms with Crippen LogP contribution in [0.15, 0.2) is 0 Å². The first-order valence-electron chi connectivity index (χ1n) is 7.52. The van der Waals surface area contributed by atoms with Gasteiger partial charge >= 0.3 is 0 Å². The molecular weight excluding hydrogens is 224 g/mol. The number of hydrogen-bond donors (Lipinski definition) is 1. The second-order valence-electron chi connectivity index (χ2n) is 6.99. The smallest absolute Gasteiger partial charge is 0.0726 e. The summed E-state index contributed by atoms with van der Waals surface area (Å²) in [6.07, 6.45) is 5.61. The quantitative estimate of drug-likeness (QED) is 0.818. The van der Waals surface area contributed by atoms with Crippen molar-refractivity contribution in [2.24, 2.45) is 5.41 Å². The number of methoxy groups -OCH3 is 1. The molecule has 1 aliphatic carbocycles. The van der Waals surface area contributed by atoms with Crippen LogP contribution in [0.3, 0.4) is 0 Å². The van der Waals surface area contributed by atoms with Crippen LogP contribution in [0.1, 0.15) is 46.5 Å². The molecule has 0 amide bonds. The van der Waals surface area contributed by atoms with Gasteiger partial charge in [-0.3, -0.25) is 4.90 Å². The summed E-state index contributed by atoms with van der Waals surface area (Å²) in [4.78, 5) is 2.69. The van der Waals surface area contributed by atoms with Crippen LogP contribution >= 0.6 is 0 Å². The number of nitrogens with one attached hydrogen (secondary N) is 1. The van der Waals surface area contributed by atoms with E-state index in [1.54, 1.807) is 0 Å². The molecule has 1 saturated carbocycles. The Labute approximate surface area is 112 Å². The van der Waals surface area contributed by atoms with Crippen molar-refractivity contribution in [2.75, 3.05) is 26.7 Å². The van der Waals surface area contributed by atoms with Gasteiger partial charge in [0.2, 0.25) is 0 Å². The maximum atomic E-state index is 5.68. The number of rotatable bonds is 2. The fraction of sp³-hybridized carbons (Fsp3) is 1.00. The minimum Gasteiger partial charge on any atom is -0.380 e. The largest absolute Gasteiger partial charge is 0.380 e. The lowest BCUT2D eigenvalue weighted by atomic mass is 9.86. The van der Waals surface area contributed by atoms with E-state index >= 15 is 0 Å². The van der Waals surface area contributed by atoms with Crippen molar-refractivity contribution in [1.82, 2.24) is 10.2 Å². The van der Waals surface area contributed by atoms with Gasteiger partial charge in [-0.15, -0.1) is 0 Å². The normalized spacial score (nSPS) is 35.7. The van der Waals surface area contributed by atoms with Gasteiger partial charge < -0.3 is 10.1 Å². The molecule has 2 rings (SSSR count). The molecule has 1 N–H and O–H groups in total. The van der Waals surface area contributed by atoms with E-state index in [0.717, 1.165) is 6.54 Å². The van der Waals surface area contributed by atoms with Gasteiger partial charge in [0.1, 0.15) is 0 Å². The molecule has 2 aliphatic rings. The second-order valence-corrected chi connectivity index (χ2v) is 6.99. The van der Waals surface area contributed by atoms with Crippen LogP contribution < -0.4 is 5.32 Å². The van der Waals surface area contributed by atoms with Crippen LogP contribution in [0.4, 0.5) is 0 Å². The Morgan fingerprint density at radius 2 is 1.94 bits per heavy atom. The highest BCUT2D eigenvalue weighted by molar-refractivity contribution is 4.92. The molecule has 0 aromatic carbocycles. The third-order valence-electron chi connectivity index (χ3n) is 4.66. The first-order chi connectivity index (χ1) is 8.52. The predicted octanol–water partition coefficient (Wildman–Crippen LogP) is 2.26. The maximum absolute atomic E-state index is 5.68. The highest BCUT2D eigenvalue weighted by Crippen LogP contribution is 2.29. The fourth-order valence-corrected chi connectivity index (χ4v) is 3.43. The van der Waals surface area contributed by atoms with Crippen LogP contribution in [0.2, 0.25) is 0 Å².